The fourth-order valence-corrected chi connectivity index (χ4v) is 1.31. The van der Waals surface area contributed by atoms with Crippen molar-refractivity contribution in [1.82, 2.24) is 10.2 Å². The van der Waals surface area contributed by atoms with E-state index in [1.165, 1.54) is 12.1 Å². The molecule has 0 aromatic carbocycles. The van der Waals surface area contributed by atoms with E-state index < -0.39 is 5.97 Å². The number of aromatic carboxylic acids is 1. The van der Waals surface area contributed by atoms with Crippen LogP contribution in [-0.4, -0.2) is 27.9 Å². The summed E-state index contributed by atoms with van der Waals surface area (Å²) >= 11 is 0. The highest BCUT2D eigenvalue weighted by Gasteiger charge is 2.06. The maximum atomic E-state index is 10.5. The van der Waals surface area contributed by atoms with Gasteiger partial charge in [-0.1, -0.05) is 20.3 Å². The summed E-state index contributed by atoms with van der Waals surface area (Å²) in [4.78, 5) is 10.5. The molecule has 0 aliphatic heterocycles. The maximum Gasteiger partial charge on any atom is 0.356 e. The van der Waals surface area contributed by atoms with Gasteiger partial charge >= 0.3 is 5.97 Å². The fourth-order valence-electron chi connectivity index (χ4n) is 1.31. The molecule has 0 saturated carbocycles. The van der Waals surface area contributed by atoms with Crippen LogP contribution in [0.15, 0.2) is 12.1 Å². The predicted octanol–water partition coefficient (Wildman–Crippen LogP) is 1.99. The number of aromatic nitrogens is 2. The van der Waals surface area contributed by atoms with Crippen LogP contribution in [0.2, 0.25) is 0 Å². The lowest BCUT2D eigenvalue weighted by molar-refractivity contribution is 0.0689. The van der Waals surface area contributed by atoms with Crippen molar-refractivity contribution in [3.63, 3.8) is 0 Å². The van der Waals surface area contributed by atoms with Gasteiger partial charge in [0.05, 0.1) is 6.61 Å². The number of carboxylic acids is 1. The van der Waals surface area contributed by atoms with Gasteiger partial charge in [-0.2, -0.15) is 0 Å². The van der Waals surface area contributed by atoms with Crippen molar-refractivity contribution in [2.24, 2.45) is 5.92 Å². The Bertz CT molecular complexity index is 338. The molecule has 0 amide bonds. The Morgan fingerprint density at radius 2 is 2.25 bits per heavy atom. The Balaban J connectivity index is 2.46. The number of hydrogen-bond acceptors (Lipinski definition) is 4. The molecule has 1 heterocycles. The monoisotopic (exact) mass is 224 g/mol. The first-order valence-corrected chi connectivity index (χ1v) is 5.33. The second-order valence-electron chi connectivity index (χ2n) is 3.77. The molecule has 1 rings (SSSR count). The summed E-state index contributed by atoms with van der Waals surface area (Å²) in [6.07, 6.45) is 2.22. The number of nitrogens with zero attached hydrogens (tertiary/aromatic N) is 2. The number of ether oxygens (including phenoxy) is 1. The Labute approximate surface area is 94.5 Å². The predicted molar refractivity (Wildman–Crippen MR) is 58.6 cm³/mol. The van der Waals surface area contributed by atoms with Gasteiger partial charge in [-0.3, -0.25) is 0 Å². The molecule has 1 aromatic rings. The van der Waals surface area contributed by atoms with E-state index in [1.54, 1.807) is 0 Å². The third-order valence-electron chi connectivity index (χ3n) is 2.16. The Kier molecular flexibility index (Phi) is 4.69. The second-order valence-corrected chi connectivity index (χ2v) is 3.77. The van der Waals surface area contributed by atoms with Gasteiger partial charge in [0.25, 0.3) is 0 Å². The number of carbonyl (C=O) groups is 1. The zero-order valence-electron chi connectivity index (χ0n) is 9.51. The van der Waals surface area contributed by atoms with E-state index in [0.29, 0.717) is 18.4 Å². The number of rotatable bonds is 6. The first kappa shape index (κ1) is 12.4. The zero-order chi connectivity index (χ0) is 12.0. The van der Waals surface area contributed by atoms with E-state index in [-0.39, 0.29) is 5.69 Å². The summed E-state index contributed by atoms with van der Waals surface area (Å²) in [7, 11) is 0. The summed E-state index contributed by atoms with van der Waals surface area (Å²) in [6, 6.07) is 2.91. The lowest BCUT2D eigenvalue weighted by Gasteiger charge is -2.10. The van der Waals surface area contributed by atoms with Gasteiger partial charge in [0.2, 0.25) is 5.88 Å². The van der Waals surface area contributed by atoms with Crippen molar-refractivity contribution in [3.05, 3.63) is 17.8 Å². The van der Waals surface area contributed by atoms with Crippen LogP contribution in [0.1, 0.15) is 37.2 Å². The van der Waals surface area contributed by atoms with Crippen molar-refractivity contribution >= 4 is 5.97 Å². The Morgan fingerprint density at radius 1 is 1.50 bits per heavy atom. The number of carboxylic acid groups (broad SMARTS) is 1. The van der Waals surface area contributed by atoms with Gasteiger partial charge in [0.15, 0.2) is 5.69 Å². The fraction of sp³-hybridized carbons (Fsp3) is 0.545. The van der Waals surface area contributed by atoms with Crippen LogP contribution in [0.3, 0.4) is 0 Å². The number of hydrogen-bond donors (Lipinski definition) is 1. The summed E-state index contributed by atoms with van der Waals surface area (Å²) in [6.45, 7) is 4.80. The van der Waals surface area contributed by atoms with Crippen molar-refractivity contribution in [2.75, 3.05) is 6.61 Å². The highest BCUT2D eigenvalue weighted by Crippen LogP contribution is 2.09. The topological polar surface area (TPSA) is 72.3 Å². The quantitative estimate of drug-likeness (QED) is 0.800. The maximum absolute atomic E-state index is 10.5. The lowest BCUT2D eigenvalue weighted by atomic mass is 10.1. The molecule has 0 aliphatic rings. The minimum atomic E-state index is -1.08. The van der Waals surface area contributed by atoms with E-state index in [0.717, 1.165) is 12.8 Å². The SMILES string of the molecule is CCCC(C)COc1ccc(C(=O)O)nn1. The van der Waals surface area contributed by atoms with E-state index in [4.69, 9.17) is 9.84 Å². The van der Waals surface area contributed by atoms with Crippen LogP contribution in [-0.2, 0) is 0 Å². The van der Waals surface area contributed by atoms with Gasteiger partial charge < -0.3 is 9.84 Å². The van der Waals surface area contributed by atoms with Crippen molar-refractivity contribution in [1.29, 1.82) is 0 Å². The summed E-state index contributed by atoms with van der Waals surface area (Å²) in [5, 5.41) is 15.8. The van der Waals surface area contributed by atoms with Crippen molar-refractivity contribution < 1.29 is 14.6 Å². The lowest BCUT2D eigenvalue weighted by Crippen LogP contribution is -2.10. The van der Waals surface area contributed by atoms with Gasteiger partial charge in [0.1, 0.15) is 0 Å². The van der Waals surface area contributed by atoms with Crippen LogP contribution in [0.4, 0.5) is 0 Å². The largest absolute Gasteiger partial charge is 0.476 e. The molecule has 0 fully saturated rings. The first-order chi connectivity index (χ1) is 7.63. The highest BCUT2D eigenvalue weighted by molar-refractivity contribution is 5.84. The summed E-state index contributed by atoms with van der Waals surface area (Å²) in [5.41, 5.74) is -0.0750. The summed E-state index contributed by atoms with van der Waals surface area (Å²) in [5.74, 6) is -0.252. The van der Waals surface area contributed by atoms with Gasteiger partial charge in [-0.15, -0.1) is 10.2 Å². The molecule has 0 saturated heterocycles. The van der Waals surface area contributed by atoms with Crippen LogP contribution < -0.4 is 4.74 Å². The average Bonchev–Trinajstić information content (AvgIpc) is 2.27. The van der Waals surface area contributed by atoms with E-state index in [9.17, 15) is 4.79 Å². The highest BCUT2D eigenvalue weighted by atomic mass is 16.5. The minimum Gasteiger partial charge on any atom is -0.476 e. The molecule has 88 valence electrons. The molecule has 5 heteroatoms. The van der Waals surface area contributed by atoms with Crippen LogP contribution in [0, 0.1) is 5.92 Å². The van der Waals surface area contributed by atoms with E-state index in [2.05, 4.69) is 24.0 Å². The molecule has 16 heavy (non-hydrogen) atoms. The summed E-state index contributed by atoms with van der Waals surface area (Å²) < 4.78 is 5.39. The average molecular weight is 224 g/mol. The zero-order valence-corrected chi connectivity index (χ0v) is 9.51. The minimum absolute atomic E-state index is 0.0750. The molecule has 0 radical (unpaired) electrons. The Morgan fingerprint density at radius 3 is 2.75 bits per heavy atom. The smallest absolute Gasteiger partial charge is 0.356 e. The van der Waals surface area contributed by atoms with Gasteiger partial charge in [0, 0.05) is 6.07 Å². The molecule has 0 bridgehead atoms. The van der Waals surface area contributed by atoms with Gasteiger partial charge in [-0.05, 0) is 18.4 Å². The molecule has 1 atom stereocenters. The van der Waals surface area contributed by atoms with Crippen LogP contribution in [0.5, 0.6) is 5.88 Å². The molecule has 0 spiro atoms. The molecular formula is C11H16N2O3. The van der Waals surface area contributed by atoms with Crippen LogP contribution in [0.25, 0.3) is 0 Å². The first-order valence-electron chi connectivity index (χ1n) is 5.33. The Hall–Kier alpha value is -1.65. The second kappa shape index (κ2) is 6.05. The normalized spacial score (nSPS) is 12.1. The molecular weight excluding hydrogens is 208 g/mol. The standard InChI is InChI=1S/C11H16N2O3/c1-3-4-8(2)7-16-10-6-5-9(11(14)15)12-13-10/h5-6,8H,3-4,7H2,1-2H3,(H,14,15). The third-order valence-corrected chi connectivity index (χ3v) is 2.16. The molecule has 1 unspecified atom stereocenters. The van der Waals surface area contributed by atoms with Crippen molar-refractivity contribution in [3.8, 4) is 5.88 Å². The molecule has 0 aliphatic carbocycles. The molecule has 5 nitrogen and oxygen atoms in total. The third kappa shape index (κ3) is 3.84. The van der Waals surface area contributed by atoms with Crippen molar-refractivity contribution in [2.45, 2.75) is 26.7 Å². The molecule has 1 N–H and O–H groups in total. The van der Waals surface area contributed by atoms with E-state index >= 15 is 0 Å². The van der Waals surface area contributed by atoms with E-state index in [1.807, 2.05) is 0 Å². The van der Waals surface area contributed by atoms with Gasteiger partial charge in [-0.25, -0.2) is 4.79 Å². The van der Waals surface area contributed by atoms with Crippen LogP contribution >= 0.6 is 0 Å². The molecule has 1 aromatic heterocycles.